The van der Waals surface area contributed by atoms with Gasteiger partial charge in [-0.05, 0) is 45.3 Å². The van der Waals surface area contributed by atoms with Crippen molar-refractivity contribution < 1.29 is 9.18 Å². The number of amides is 1. The van der Waals surface area contributed by atoms with Gasteiger partial charge in [-0.3, -0.25) is 4.79 Å². The molecule has 0 aliphatic heterocycles. The molecule has 0 radical (unpaired) electrons. The summed E-state index contributed by atoms with van der Waals surface area (Å²) in [5.74, 6) is -0.513. The lowest BCUT2D eigenvalue weighted by atomic mass is 10.2. The van der Waals surface area contributed by atoms with E-state index in [-0.39, 0.29) is 11.7 Å². The molecule has 0 aromatic heterocycles. The van der Waals surface area contributed by atoms with Crippen LogP contribution in [0.4, 0.5) is 4.39 Å². The number of halogens is 1. The molecule has 4 heteroatoms. The zero-order valence-corrected chi connectivity index (χ0v) is 10.6. The van der Waals surface area contributed by atoms with E-state index in [4.69, 9.17) is 0 Å². The molecule has 0 heterocycles. The maximum absolute atomic E-state index is 13.0. The summed E-state index contributed by atoms with van der Waals surface area (Å²) in [5.41, 5.74) is 0.400. The number of benzene rings is 1. The van der Waals surface area contributed by atoms with Gasteiger partial charge >= 0.3 is 0 Å². The highest BCUT2D eigenvalue weighted by atomic mass is 19.1. The largest absolute Gasteiger partial charge is 0.342 e. The van der Waals surface area contributed by atoms with Crippen LogP contribution in [-0.4, -0.2) is 49.9 Å². The molecule has 17 heavy (non-hydrogen) atoms. The van der Waals surface area contributed by atoms with Gasteiger partial charge in [-0.25, -0.2) is 4.39 Å². The van der Waals surface area contributed by atoms with E-state index < -0.39 is 0 Å². The third kappa shape index (κ3) is 4.53. The smallest absolute Gasteiger partial charge is 0.253 e. The van der Waals surface area contributed by atoms with Gasteiger partial charge in [0.05, 0.1) is 0 Å². The van der Waals surface area contributed by atoms with Gasteiger partial charge in [-0.15, -0.1) is 0 Å². The molecule has 0 atom stereocenters. The average Bonchev–Trinajstić information content (AvgIpc) is 2.27. The lowest BCUT2D eigenvalue weighted by Gasteiger charge is -2.18. The molecule has 0 unspecified atom stereocenters. The highest BCUT2D eigenvalue weighted by molar-refractivity contribution is 5.94. The Labute approximate surface area is 102 Å². The third-order valence-electron chi connectivity index (χ3n) is 2.52. The number of carbonyl (C=O) groups excluding carboxylic acids is 1. The van der Waals surface area contributed by atoms with Gasteiger partial charge in [0.25, 0.3) is 5.91 Å². The summed E-state index contributed by atoms with van der Waals surface area (Å²) in [6.07, 6.45) is 0.907. The third-order valence-corrected chi connectivity index (χ3v) is 2.52. The molecule has 0 spiro atoms. The average molecular weight is 238 g/mol. The molecule has 1 rings (SSSR count). The quantitative estimate of drug-likeness (QED) is 0.781. The molecular weight excluding hydrogens is 219 g/mol. The normalized spacial score (nSPS) is 10.6. The highest BCUT2D eigenvalue weighted by Crippen LogP contribution is 2.06. The second kappa shape index (κ2) is 6.35. The minimum absolute atomic E-state index is 0.136. The predicted octanol–water partition coefficient (Wildman–Crippen LogP) is 1.85. The second-order valence-electron chi connectivity index (χ2n) is 4.39. The van der Waals surface area contributed by atoms with Gasteiger partial charge in [-0.1, -0.05) is 6.07 Å². The summed E-state index contributed by atoms with van der Waals surface area (Å²) in [4.78, 5) is 15.6. The van der Waals surface area contributed by atoms with E-state index in [0.717, 1.165) is 13.0 Å². The zero-order chi connectivity index (χ0) is 12.8. The first-order valence-electron chi connectivity index (χ1n) is 5.66. The summed E-state index contributed by atoms with van der Waals surface area (Å²) < 4.78 is 13.0. The Morgan fingerprint density at radius 1 is 1.24 bits per heavy atom. The number of hydrogen-bond acceptors (Lipinski definition) is 2. The number of hydrogen-bond donors (Lipinski definition) is 0. The fourth-order valence-corrected chi connectivity index (χ4v) is 1.57. The molecule has 0 fully saturated rings. The van der Waals surface area contributed by atoms with E-state index in [0.29, 0.717) is 12.1 Å². The Hall–Kier alpha value is -1.42. The lowest BCUT2D eigenvalue weighted by Crippen LogP contribution is -2.29. The first-order valence-corrected chi connectivity index (χ1v) is 5.66. The summed E-state index contributed by atoms with van der Waals surface area (Å²) in [6.45, 7) is 1.61. The van der Waals surface area contributed by atoms with Crippen LogP contribution in [0.2, 0.25) is 0 Å². The summed E-state index contributed by atoms with van der Waals surface area (Å²) in [7, 11) is 5.73. The maximum Gasteiger partial charge on any atom is 0.253 e. The Morgan fingerprint density at radius 2 is 1.94 bits per heavy atom. The Balaban J connectivity index is 2.52. The van der Waals surface area contributed by atoms with Gasteiger partial charge in [0.15, 0.2) is 0 Å². The van der Waals surface area contributed by atoms with E-state index in [2.05, 4.69) is 4.90 Å². The summed E-state index contributed by atoms with van der Waals surface area (Å²) in [6, 6.07) is 5.79. The SMILES string of the molecule is CN(C)CCCN(C)C(=O)c1cccc(F)c1. The number of nitrogens with zero attached hydrogens (tertiary/aromatic N) is 2. The standard InChI is InChI=1S/C13H19FN2O/c1-15(2)8-5-9-16(3)13(17)11-6-4-7-12(14)10-11/h4,6-7,10H,5,8-9H2,1-3H3. The molecular formula is C13H19FN2O. The minimum Gasteiger partial charge on any atom is -0.342 e. The topological polar surface area (TPSA) is 23.6 Å². The molecule has 1 aromatic rings. The van der Waals surface area contributed by atoms with Gasteiger partial charge in [0, 0.05) is 19.2 Å². The fraction of sp³-hybridized carbons (Fsp3) is 0.462. The van der Waals surface area contributed by atoms with Crippen molar-refractivity contribution in [2.45, 2.75) is 6.42 Å². The zero-order valence-electron chi connectivity index (χ0n) is 10.6. The van der Waals surface area contributed by atoms with Gasteiger partial charge in [0.2, 0.25) is 0 Å². The van der Waals surface area contributed by atoms with E-state index >= 15 is 0 Å². The Bertz CT molecular complexity index is 379. The van der Waals surface area contributed by atoms with Crippen molar-refractivity contribution in [3.63, 3.8) is 0 Å². The fourth-order valence-electron chi connectivity index (χ4n) is 1.57. The molecule has 3 nitrogen and oxygen atoms in total. The molecule has 0 bridgehead atoms. The van der Waals surface area contributed by atoms with Crippen LogP contribution in [0.1, 0.15) is 16.8 Å². The van der Waals surface area contributed by atoms with Crippen molar-refractivity contribution in [1.82, 2.24) is 9.80 Å². The minimum atomic E-state index is -0.377. The van der Waals surface area contributed by atoms with E-state index in [9.17, 15) is 9.18 Å². The van der Waals surface area contributed by atoms with Gasteiger partial charge in [-0.2, -0.15) is 0 Å². The highest BCUT2D eigenvalue weighted by Gasteiger charge is 2.11. The molecule has 1 aromatic carbocycles. The van der Waals surface area contributed by atoms with Crippen molar-refractivity contribution in [2.24, 2.45) is 0 Å². The molecule has 0 aliphatic rings. The molecule has 94 valence electrons. The Kier molecular flexibility index (Phi) is 5.10. The lowest BCUT2D eigenvalue weighted by molar-refractivity contribution is 0.0790. The van der Waals surface area contributed by atoms with Crippen molar-refractivity contribution in [3.8, 4) is 0 Å². The monoisotopic (exact) mass is 238 g/mol. The predicted molar refractivity (Wildman–Crippen MR) is 66.5 cm³/mol. The number of rotatable bonds is 5. The van der Waals surface area contributed by atoms with Gasteiger partial charge in [0.1, 0.15) is 5.82 Å². The van der Waals surface area contributed by atoms with Crippen LogP contribution in [0, 0.1) is 5.82 Å². The molecule has 0 saturated heterocycles. The second-order valence-corrected chi connectivity index (χ2v) is 4.39. The number of carbonyl (C=O) groups is 1. The molecule has 0 aliphatic carbocycles. The van der Waals surface area contributed by atoms with E-state index in [1.807, 2.05) is 14.1 Å². The van der Waals surface area contributed by atoms with Crippen LogP contribution in [-0.2, 0) is 0 Å². The summed E-state index contributed by atoms with van der Waals surface area (Å²) in [5, 5.41) is 0. The van der Waals surface area contributed by atoms with Crippen LogP contribution in [0.3, 0.4) is 0 Å². The maximum atomic E-state index is 13.0. The summed E-state index contributed by atoms with van der Waals surface area (Å²) >= 11 is 0. The molecule has 1 amide bonds. The van der Waals surface area contributed by atoms with Crippen LogP contribution in [0.5, 0.6) is 0 Å². The van der Waals surface area contributed by atoms with Crippen LogP contribution < -0.4 is 0 Å². The van der Waals surface area contributed by atoms with Crippen LogP contribution in [0.15, 0.2) is 24.3 Å². The first kappa shape index (κ1) is 13.6. The molecule has 0 N–H and O–H groups in total. The first-order chi connectivity index (χ1) is 8.00. The molecule has 0 saturated carbocycles. The van der Waals surface area contributed by atoms with E-state index in [1.165, 1.54) is 12.1 Å². The van der Waals surface area contributed by atoms with E-state index in [1.54, 1.807) is 24.1 Å². The van der Waals surface area contributed by atoms with Crippen molar-refractivity contribution in [2.75, 3.05) is 34.2 Å². The van der Waals surface area contributed by atoms with Crippen molar-refractivity contribution >= 4 is 5.91 Å². The van der Waals surface area contributed by atoms with Crippen LogP contribution in [0.25, 0.3) is 0 Å². The Morgan fingerprint density at radius 3 is 2.53 bits per heavy atom. The van der Waals surface area contributed by atoms with Crippen molar-refractivity contribution in [1.29, 1.82) is 0 Å². The van der Waals surface area contributed by atoms with Crippen LogP contribution >= 0.6 is 0 Å². The van der Waals surface area contributed by atoms with Gasteiger partial charge < -0.3 is 9.80 Å². The van der Waals surface area contributed by atoms with Crippen molar-refractivity contribution in [3.05, 3.63) is 35.6 Å².